The number of aryl methyl sites for hydroxylation is 3. The molecule has 20 heavy (non-hydrogen) atoms. The van der Waals surface area contributed by atoms with E-state index in [1.54, 1.807) is 0 Å². The van der Waals surface area contributed by atoms with E-state index >= 15 is 0 Å². The summed E-state index contributed by atoms with van der Waals surface area (Å²) in [7, 11) is 1.96. The first kappa shape index (κ1) is 14.5. The number of rotatable bonds is 4. The van der Waals surface area contributed by atoms with Crippen LogP contribution >= 0.6 is 12.2 Å². The maximum Gasteiger partial charge on any atom is 0.106 e. The molecule has 0 atom stereocenters. The molecule has 0 saturated heterocycles. The second kappa shape index (κ2) is 5.63. The number of nitrogens with two attached hydrogens (primary N) is 1. The van der Waals surface area contributed by atoms with Crippen molar-refractivity contribution in [1.29, 1.82) is 0 Å². The van der Waals surface area contributed by atoms with E-state index in [1.807, 2.05) is 43.8 Å². The van der Waals surface area contributed by atoms with Gasteiger partial charge in [-0.25, -0.2) is 0 Å². The summed E-state index contributed by atoms with van der Waals surface area (Å²) in [6.45, 7) is 6.86. The monoisotopic (exact) mass is 288 g/mol. The smallest absolute Gasteiger partial charge is 0.106 e. The molecule has 3 N–H and O–H groups in total. The third-order valence-electron chi connectivity index (χ3n) is 3.64. The van der Waals surface area contributed by atoms with Crippen molar-refractivity contribution < 1.29 is 0 Å². The highest BCUT2D eigenvalue weighted by Crippen LogP contribution is 2.22. The van der Waals surface area contributed by atoms with E-state index in [9.17, 15) is 0 Å². The molecule has 106 valence electrons. The number of hydrogen-bond acceptors (Lipinski definition) is 3. The molecule has 0 radical (unpaired) electrons. The molecule has 2 rings (SSSR count). The zero-order valence-corrected chi connectivity index (χ0v) is 13.1. The van der Waals surface area contributed by atoms with Crippen LogP contribution in [0, 0.1) is 20.8 Å². The summed E-state index contributed by atoms with van der Waals surface area (Å²) in [5.74, 6) is 0. The summed E-state index contributed by atoms with van der Waals surface area (Å²) in [6, 6.07) is 5.96. The number of benzene rings is 1. The molecule has 5 heteroatoms. The Morgan fingerprint density at radius 2 is 2.05 bits per heavy atom. The number of para-hydroxylation sites is 1. The van der Waals surface area contributed by atoms with Gasteiger partial charge in [-0.2, -0.15) is 5.10 Å². The second-order valence-corrected chi connectivity index (χ2v) is 5.43. The standard InChI is InChI=1S/C15H20N4S/c1-9-6-5-7-12(15(16)20)14(9)17-8-13-10(2)18-19(4)11(13)3/h5-7,17H,8H2,1-4H3,(H2,16,20). The molecule has 0 aliphatic carbocycles. The van der Waals surface area contributed by atoms with E-state index in [1.165, 1.54) is 11.3 Å². The summed E-state index contributed by atoms with van der Waals surface area (Å²) in [4.78, 5) is 0.413. The predicted molar refractivity (Wildman–Crippen MR) is 87.1 cm³/mol. The van der Waals surface area contributed by atoms with E-state index in [4.69, 9.17) is 18.0 Å². The van der Waals surface area contributed by atoms with Crippen LogP contribution in [0.15, 0.2) is 18.2 Å². The molecule has 0 bridgehead atoms. The summed E-state index contributed by atoms with van der Waals surface area (Å²) in [6.07, 6.45) is 0. The molecule has 0 aliphatic rings. The first-order chi connectivity index (χ1) is 9.41. The van der Waals surface area contributed by atoms with E-state index in [2.05, 4.69) is 17.3 Å². The van der Waals surface area contributed by atoms with Gasteiger partial charge >= 0.3 is 0 Å². The van der Waals surface area contributed by atoms with Crippen LogP contribution in [0.25, 0.3) is 0 Å². The van der Waals surface area contributed by atoms with Crippen molar-refractivity contribution in [2.24, 2.45) is 12.8 Å². The molecule has 2 aromatic rings. The Morgan fingerprint density at radius 1 is 1.35 bits per heavy atom. The Morgan fingerprint density at radius 3 is 2.60 bits per heavy atom. The summed E-state index contributed by atoms with van der Waals surface area (Å²) < 4.78 is 1.90. The quantitative estimate of drug-likeness (QED) is 0.849. The Bertz CT molecular complexity index is 658. The lowest BCUT2D eigenvalue weighted by Gasteiger charge is -2.14. The van der Waals surface area contributed by atoms with Gasteiger partial charge < -0.3 is 11.1 Å². The van der Waals surface area contributed by atoms with Gasteiger partial charge in [0, 0.05) is 36.1 Å². The Balaban J connectivity index is 2.30. The molecule has 0 fully saturated rings. The molecule has 1 aromatic carbocycles. The Labute approximate surface area is 125 Å². The highest BCUT2D eigenvalue weighted by atomic mass is 32.1. The van der Waals surface area contributed by atoms with Gasteiger partial charge in [0.15, 0.2) is 0 Å². The molecular formula is C15H20N4S. The molecule has 0 aliphatic heterocycles. The van der Waals surface area contributed by atoms with Crippen molar-refractivity contribution in [3.8, 4) is 0 Å². The topological polar surface area (TPSA) is 55.9 Å². The maximum absolute atomic E-state index is 5.79. The average molecular weight is 288 g/mol. The Hall–Kier alpha value is -1.88. The fraction of sp³-hybridized carbons (Fsp3) is 0.333. The van der Waals surface area contributed by atoms with Gasteiger partial charge in [-0.05, 0) is 32.4 Å². The molecule has 1 heterocycles. The van der Waals surface area contributed by atoms with Crippen molar-refractivity contribution in [2.45, 2.75) is 27.3 Å². The van der Waals surface area contributed by atoms with Crippen LogP contribution in [0.4, 0.5) is 5.69 Å². The highest BCUT2D eigenvalue weighted by molar-refractivity contribution is 7.80. The lowest BCUT2D eigenvalue weighted by molar-refractivity contribution is 0.730. The number of thiocarbonyl (C=S) groups is 1. The predicted octanol–water partition coefficient (Wildman–Crippen LogP) is 2.59. The average Bonchev–Trinajstić information content (AvgIpc) is 2.62. The number of aromatic nitrogens is 2. The Kier molecular flexibility index (Phi) is 4.09. The molecule has 1 aromatic heterocycles. The number of anilines is 1. The fourth-order valence-electron chi connectivity index (χ4n) is 2.36. The van der Waals surface area contributed by atoms with Crippen LogP contribution in [-0.2, 0) is 13.6 Å². The molecule has 4 nitrogen and oxygen atoms in total. The molecule has 0 unspecified atom stereocenters. The lowest BCUT2D eigenvalue weighted by Crippen LogP contribution is -2.14. The summed E-state index contributed by atoms with van der Waals surface area (Å²) in [5.41, 5.74) is 12.2. The third-order valence-corrected chi connectivity index (χ3v) is 3.86. The van der Waals surface area contributed by atoms with E-state index in [0.717, 1.165) is 22.5 Å². The van der Waals surface area contributed by atoms with Crippen molar-refractivity contribution in [1.82, 2.24) is 9.78 Å². The van der Waals surface area contributed by atoms with Crippen LogP contribution < -0.4 is 11.1 Å². The minimum Gasteiger partial charge on any atom is -0.389 e. The number of nitrogens with one attached hydrogen (secondary N) is 1. The first-order valence-electron chi connectivity index (χ1n) is 6.54. The van der Waals surface area contributed by atoms with Crippen LogP contribution in [0.5, 0.6) is 0 Å². The van der Waals surface area contributed by atoms with Crippen LogP contribution in [0.1, 0.15) is 28.1 Å². The highest BCUT2D eigenvalue weighted by Gasteiger charge is 2.12. The second-order valence-electron chi connectivity index (χ2n) is 4.99. The van der Waals surface area contributed by atoms with Gasteiger partial charge in [-0.15, -0.1) is 0 Å². The van der Waals surface area contributed by atoms with Gasteiger partial charge in [0.25, 0.3) is 0 Å². The van der Waals surface area contributed by atoms with Gasteiger partial charge in [0.05, 0.1) is 5.69 Å². The van der Waals surface area contributed by atoms with Crippen LogP contribution in [0.3, 0.4) is 0 Å². The molecule has 0 amide bonds. The van der Waals surface area contributed by atoms with Crippen molar-refractivity contribution in [2.75, 3.05) is 5.32 Å². The minimum absolute atomic E-state index is 0.413. The van der Waals surface area contributed by atoms with Crippen molar-refractivity contribution >= 4 is 22.9 Å². The van der Waals surface area contributed by atoms with E-state index in [0.29, 0.717) is 11.5 Å². The fourth-order valence-corrected chi connectivity index (χ4v) is 2.53. The molecular weight excluding hydrogens is 268 g/mol. The normalized spacial score (nSPS) is 10.6. The van der Waals surface area contributed by atoms with Gasteiger partial charge in [-0.1, -0.05) is 24.4 Å². The minimum atomic E-state index is 0.413. The lowest BCUT2D eigenvalue weighted by atomic mass is 10.1. The molecule has 0 spiro atoms. The SMILES string of the molecule is Cc1cccc(C(N)=S)c1NCc1c(C)nn(C)c1C. The van der Waals surface area contributed by atoms with E-state index < -0.39 is 0 Å². The summed E-state index contributed by atoms with van der Waals surface area (Å²) in [5, 5.41) is 7.88. The zero-order valence-electron chi connectivity index (χ0n) is 12.3. The van der Waals surface area contributed by atoms with Crippen molar-refractivity contribution in [3.63, 3.8) is 0 Å². The summed E-state index contributed by atoms with van der Waals surface area (Å²) >= 11 is 5.12. The number of hydrogen-bond donors (Lipinski definition) is 2. The number of nitrogens with zero attached hydrogens (tertiary/aromatic N) is 2. The van der Waals surface area contributed by atoms with Crippen molar-refractivity contribution in [3.05, 3.63) is 46.3 Å². The first-order valence-corrected chi connectivity index (χ1v) is 6.95. The van der Waals surface area contributed by atoms with E-state index in [-0.39, 0.29) is 0 Å². The third kappa shape index (κ3) is 2.67. The largest absolute Gasteiger partial charge is 0.389 e. The van der Waals surface area contributed by atoms with Crippen LogP contribution in [0.2, 0.25) is 0 Å². The zero-order chi connectivity index (χ0) is 14.9. The van der Waals surface area contributed by atoms with Gasteiger partial charge in [-0.3, -0.25) is 4.68 Å². The van der Waals surface area contributed by atoms with Gasteiger partial charge in [0.2, 0.25) is 0 Å². The van der Waals surface area contributed by atoms with Gasteiger partial charge in [0.1, 0.15) is 4.99 Å². The molecule has 0 saturated carbocycles. The maximum atomic E-state index is 5.79. The van der Waals surface area contributed by atoms with Crippen LogP contribution in [-0.4, -0.2) is 14.8 Å².